The number of hydrogen-bond donors (Lipinski definition) is 2. The van der Waals surface area contributed by atoms with E-state index in [4.69, 9.17) is 10.5 Å². The predicted octanol–water partition coefficient (Wildman–Crippen LogP) is 0.592. The van der Waals surface area contributed by atoms with Crippen LogP contribution in [0.2, 0.25) is 0 Å². The number of benzene rings is 1. The lowest BCUT2D eigenvalue weighted by Gasteiger charge is -2.08. The number of carbonyl (C=O) groups excluding carboxylic acids is 1. The summed E-state index contributed by atoms with van der Waals surface area (Å²) in [6.07, 6.45) is 0. The molecule has 0 aliphatic rings. The molecule has 4 heteroatoms. The van der Waals surface area contributed by atoms with Gasteiger partial charge in [-0.25, -0.2) is 0 Å². The van der Waals surface area contributed by atoms with E-state index < -0.39 is 5.91 Å². The Balaban J connectivity index is 2.69. The van der Waals surface area contributed by atoms with E-state index in [1.165, 1.54) is 0 Å². The average Bonchev–Trinajstić information content (AvgIpc) is 2.15. The number of ether oxygens (including phenoxy) is 1. The van der Waals surface area contributed by atoms with Gasteiger partial charge in [0.25, 0.3) is 0 Å². The third kappa shape index (κ3) is 2.66. The lowest BCUT2D eigenvalue weighted by Crippen LogP contribution is -2.21. The predicted molar refractivity (Wildman–Crippen MR) is 50.7 cm³/mol. The van der Waals surface area contributed by atoms with Crippen molar-refractivity contribution >= 4 is 11.6 Å². The Morgan fingerprint density at radius 1 is 1.54 bits per heavy atom. The van der Waals surface area contributed by atoms with Crippen molar-refractivity contribution in [3.63, 3.8) is 0 Å². The molecule has 0 saturated heterocycles. The van der Waals surface area contributed by atoms with Crippen LogP contribution in [-0.4, -0.2) is 19.6 Å². The number of nitrogens with two attached hydrogens (primary N) is 1. The van der Waals surface area contributed by atoms with Crippen LogP contribution in [0.1, 0.15) is 0 Å². The van der Waals surface area contributed by atoms with Crippen LogP contribution in [0.5, 0.6) is 5.75 Å². The van der Waals surface area contributed by atoms with Crippen LogP contribution in [0, 0.1) is 0 Å². The molecule has 0 radical (unpaired) electrons. The summed E-state index contributed by atoms with van der Waals surface area (Å²) < 4.78 is 5.06. The highest BCUT2D eigenvalue weighted by Gasteiger charge is 2.00. The number of carbonyl (C=O) groups is 1. The Kier molecular flexibility index (Phi) is 3.14. The van der Waals surface area contributed by atoms with Gasteiger partial charge < -0.3 is 15.8 Å². The van der Waals surface area contributed by atoms with Crippen molar-refractivity contribution in [1.29, 1.82) is 0 Å². The highest BCUT2D eigenvalue weighted by molar-refractivity contribution is 5.79. The quantitative estimate of drug-likeness (QED) is 0.712. The molecule has 0 bridgehead atoms. The summed E-state index contributed by atoms with van der Waals surface area (Å²) in [5.41, 5.74) is 5.76. The molecule has 1 aromatic rings. The number of para-hydroxylation sites is 2. The summed E-state index contributed by atoms with van der Waals surface area (Å²) in [5, 5.41) is 2.86. The van der Waals surface area contributed by atoms with Crippen LogP contribution >= 0.6 is 0 Å². The molecule has 0 saturated carbocycles. The minimum Gasteiger partial charge on any atom is -0.495 e. The van der Waals surface area contributed by atoms with Crippen molar-refractivity contribution in [2.75, 3.05) is 19.0 Å². The van der Waals surface area contributed by atoms with Crippen molar-refractivity contribution in [3.05, 3.63) is 24.3 Å². The van der Waals surface area contributed by atoms with Crippen LogP contribution in [0.25, 0.3) is 0 Å². The average molecular weight is 180 g/mol. The Labute approximate surface area is 76.7 Å². The molecule has 1 aromatic carbocycles. The molecule has 1 amide bonds. The van der Waals surface area contributed by atoms with Gasteiger partial charge in [-0.15, -0.1) is 0 Å². The van der Waals surface area contributed by atoms with Gasteiger partial charge in [-0.3, -0.25) is 4.79 Å². The number of amides is 1. The lowest BCUT2D eigenvalue weighted by atomic mass is 10.3. The zero-order valence-corrected chi connectivity index (χ0v) is 7.41. The van der Waals surface area contributed by atoms with Gasteiger partial charge in [-0.2, -0.15) is 0 Å². The molecule has 0 fully saturated rings. The van der Waals surface area contributed by atoms with E-state index in [2.05, 4.69) is 5.32 Å². The van der Waals surface area contributed by atoms with E-state index in [0.29, 0.717) is 5.75 Å². The third-order valence-corrected chi connectivity index (χ3v) is 1.56. The highest BCUT2D eigenvalue weighted by atomic mass is 16.5. The first-order valence-electron chi connectivity index (χ1n) is 3.89. The number of methoxy groups -OCH3 is 1. The first kappa shape index (κ1) is 9.38. The van der Waals surface area contributed by atoms with Gasteiger partial charge in [-0.1, -0.05) is 12.1 Å². The first-order valence-corrected chi connectivity index (χ1v) is 3.89. The number of rotatable bonds is 4. The number of nitrogens with one attached hydrogen (secondary N) is 1. The first-order chi connectivity index (χ1) is 6.24. The molecule has 70 valence electrons. The minimum atomic E-state index is -0.397. The van der Waals surface area contributed by atoms with Gasteiger partial charge >= 0.3 is 0 Å². The van der Waals surface area contributed by atoms with Gasteiger partial charge in [0, 0.05) is 0 Å². The lowest BCUT2D eigenvalue weighted by molar-refractivity contribution is -0.116. The second-order valence-corrected chi connectivity index (χ2v) is 2.52. The monoisotopic (exact) mass is 180 g/mol. The summed E-state index contributed by atoms with van der Waals surface area (Å²) >= 11 is 0. The van der Waals surface area contributed by atoms with E-state index >= 15 is 0 Å². The van der Waals surface area contributed by atoms with E-state index in [1.807, 2.05) is 24.3 Å². The summed E-state index contributed by atoms with van der Waals surface area (Å²) in [5.74, 6) is 0.301. The summed E-state index contributed by atoms with van der Waals surface area (Å²) in [7, 11) is 1.57. The normalized spacial score (nSPS) is 9.31. The molecule has 0 unspecified atom stereocenters. The van der Waals surface area contributed by atoms with E-state index in [-0.39, 0.29) is 6.54 Å². The van der Waals surface area contributed by atoms with Crippen molar-refractivity contribution in [3.8, 4) is 5.75 Å². The number of hydrogen-bond acceptors (Lipinski definition) is 3. The van der Waals surface area contributed by atoms with Crippen LogP contribution in [0.15, 0.2) is 24.3 Å². The number of primary amides is 1. The summed E-state index contributed by atoms with van der Waals surface area (Å²) in [6, 6.07) is 7.34. The topological polar surface area (TPSA) is 64.3 Å². The Hall–Kier alpha value is -1.71. The van der Waals surface area contributed by atoms with Crippen molar-refractivity contribution in [1.82, 2.24) is 0 Å². The van der Waals surface area contributed by atoms with E-state index in [0.717, 1.165) is 5.69 Å². The van der Waals surface area contributed by atoms with Gasteiger partial charge in [0.05, 0.1) is 19.3 Å². The van der Waals surface area contributed by atoms with Gasteiger partial charge in [-0.05, 0) is 12.1 Å². The minimum absolute atomic E-state index is 0.111. The molecule has 13 heavy (non-hydrogen) atoms. The number of anilines is 1. The second-order valence-electron chi connectivity index (χ2n) is 2.52. The maximum absolute atomic E-state index is 10.5. The maximum Gasteiger partial charge on any atom is 0.236 e. The molecule has 0 aliphatic carbocycles. The van der Waals surface area contributed by atoms with Crippen LogP contribution in [-0.2, 0) is 4.79 Å². The van der Waals surface area contributed by atoms with Crippen molar-refractivity contribution in [2.45, 2.75) is 0 Å². The molecule has 0 spiro atoms. The zero-order chi connectivity index (χ0) is 9.68. The molecule has 0 heterocycles. The molecule has 3 N–H and O–H groups in total. The maximum atomic E-state index is 10.5. The summed E-state index contributed by atoms with van der Waals surface area (Å²) in [6.45, 7) is 0.111. The van der Waals surface area contributed by atoms with Gasteiger partial charge in [0.1, 0.15) is 5.75 Å². The molecule has 0 atom stereocenters. The smallest absolute Gasteiger partial charge is 0.236 e. The third-order valence-electron chi connectivity index (χ3n) is 1.56. The molecular formula is C9H12N2O2. The molecule has 0 aliphatic heterocycles. The van der Waals surface area contributed by atoms with E-state index in [1.54, 1.807) is 7.11 Å². The van der Waals surface area contributed by atoms with Crippen LogP contribution in [0.4, 0.5) is 5.69 Å². The molecular weight excluding hydrogens is 168 g/mol. The molecule has 4 nitrogen and oxygen atoms in total. The Bertz CT molecular complexity index is 299. The molecule has 0 aromatic heterocycles. The summed E-state index contributed by atoms with van der Waals surface area (Å²) in [4.78, 5) is 10.5. The zero-order valence-electron chi connectivity index (χ0n) is 7.41. The van der Waals surface area contributed by atoms with Gasteiger partial charge in [0.15, 0.2) is 0 Å². The standard InChI is InChI=1S/C9H12N2O2/c1-13-8-5-3-2-4-7(8)11-6-9(10)12/h2-5,11H,6H2,1H3,(H2,10,12). The Morgan fingerprint density at radius 2 is 2.23 bits per heavy atom. The second kappa shape index (κ2) is 4.35. The fourth-order valence-electron chi connectivity index (χ4n) is 0.973. The largest absolute Gasteiger partial charge is 0.495 e. The Morgan fingerprint density at radius 3 is 2.85 bits per heavy atom. The SMILES string of the molecule is COc1ccccc1NCC(N)=O. The van der Waals surface area contributed by atoms with Crippen molar-refractivity contribution in [2.24, 2.45) is 5.73 Å². The molecule has 1 rings (SSSR count). The van der Waals surface area contributed by atoms with Crippen LogP contribution in [0.3, 0.4) is 0 Å². The van der Waals surface area contributed by atoms with Crippen molar-refractivity contribution < 1.29 is 9.53 Å². The fourth-order valence-corrected chi connectivity index (χ4v) is 0.973. The fraction of sp³-hybridized carbons (Fsp3) is 0.222. The van der Waals surface area contributed by atoms with Gasteiger partial charge in [0.2, 0.25) is 5.91 Å². The van der Waals surface area contributed by atoms with Crippen LogP contribution < -0.4 is 15.8 Å². The van der Waals surface area contributed by atoms with E-state index in [9.17, 15) is 4.79 Å². The highest BCUT2D eigenvalue weighted by Crippen LogP contribution is 2.22.